The SMILES string of the molecule is [2H]c1cc(-c2ccnc(-c3cc(-c4ccccc4)cc(-c4cccc5c4nc(-c4cc(C(C)(C)C)cc(C(C)(C)C)c4O)n5-c4ccccc4-c4ccccc4)c3)c2)c([2H])c(C([2H])([2H])[2H])c1[2H]. The van der Waals surface area contributed by atoms with Gasteiger partial charge in [-0.05, 0) is 105 Å². The number of rotatable bonds is 7. The van der Waals surface area contributed by atoms with Crippen LogP contribution in [0.3, 0.4) is 0 Å². The molecule has 61 heavy (non-hydrogen) atoms. The van der Waals surface area contributed by atoms with Gasteiger partial charge in [-0.2, -0.15) is 0 Å². The molecule has 4 nitrogen and oxygen atoms in total. The van der Waals surface area contributed by atoms with Crippen molar-refractivity contribution in [3.8, 4) is 78.6 Å². The second kappa shape index (κ2) is 15.5. The fraction of sp³-hybridized carbons (Fsp3) is 0.158. The zero-order chi connectivity index (χ0) is 47.6. The number of benzene rings is 7. The van der Waals surface area contributed by atoms with Crippen LogP contribution in [0.2, 0.25) is 0 Å². The number of aromatic hydroxyl groups is 1. The van der Waals surface area contributed by atoms with Crippen LogP contribution in [0.4, 0.5) is 0 Å². The molecule has 4 heteroatoms. The maximum Gasteiger partial charge on any atom is 0.149 e. The molecule has 2 heterocycles. The highest BCUT2D eigenvalue weighted by Crippen LogP contribution is 2.46. The fourth-order valence-electron chi connectivity index (χ4n) is 8.12. The molecule has 0 aliphatic rings. The number of hydrogen-bond acceptors (Lipinski definition) is 3. The van der Waals surface area contributed by atoms with E-state index in [4.69, 9.17) is 18.2 Å². The molecule has 0 spiro atoms. The van der Waals surface area contributed by atoms with Crippen LogP contribution in [-0.2, 0) is 10.8 Å². The van der Waals surface area contributed by atoms with Gasteiger partial charge in [0.15, 0.2) is 0 Å². The summed E-state index contributed by atoms with van der Waals surface area (Å²) in [5.41, 5.74) is 11.7. The van der Waals surface area contributed by atoms with Gasteiger partial charge in [0.1, 0.15) is 11.6 Å². The minimum Gasteiger partial charge on any atom is -0.507 e. The molecule has 0 atom stereocenters. The first kappa shape index (κ1) is 32.8. The Morgan fingerprint density at radius 3 is 2.00 bits per heavy atom. The van der Waals surface area contributed by atoms with Gasteiger partial charge in [0, 0.05) is 32.6 Å². The van der Waals surface area contributed by atoms with Crippen molar-refractivity contribution in [3.05, 3.63) is 193 Å². The molecule has 7 aromatic carbocycles. The van der Waals surface area contributed by atoms with Crippen LogP contribution >= 0.6 is 0 Å². The predicted molar refractivity (Wildman–Crippen MR) is 255 cm³/mol. The van der Waals surface area contributed by atoms with Crippen molar-refractivity contribution in [2.24, 2.45) is 0 Å². The Hall–Kier alpha value is -7.04. The van der Waals surface area contributed by atoms with Crippen molar-refractivity contribution in [3.63, 3.8) is 0 Å². The molecule has 0 radical (unpaired) electrons. The fourth-order valence-corrected chi connectivity index (χ4v) is 8.12. The molecule has 0 aliphatic carbocycles. The maximum atomic E-state index is 12.4. The molecular formula is C57H51N3O. The number of fused-ring (bicyclic) bond motifs is 1. The standard InChI is InChI=1S/C57H51N3O/c1-37-18-16-23-40(30-37)41-28-29-58-50(34-41)44-32-42(38-19-10-8-11-20-38)31-43(33-44)47-25-17-27-52-53(47)59-55(48-35-45(56(2,3)4)36-49(54(48)61)57(5,6)7)60(52)51-26-15-14-24-46(51)39-21-12-9-13-22-39/h8-36,61H,1-7H3/i1D3,16D,18D,30D. The number of para-hydroxylation sites is 2. The third kappa shape index (κ3) is 7.66. The van der Waals surface area contributed by atoms with Gasteiger partial charge in [-0.25, -0.2) is 4.98 Å². The monoisotopic (exact) mass is 799 g/mol. The molecule has 1 N–H and O–H groups in total. The Labute approximate surface area is 368 Å². The van der Waals surface area contributed by atoms with E-state index in [9.17, 15) is 5.11 Å². The molecular weight excluding hydrogens is 743 g/mol. The predicted octanol–water partition coefficient (Wildman–Crippen LogP) is 15.0. The lowest BCUT2D eigenvalue weighted by Gasteiger charge is -2.27. The maximum absolute atomic E-state index is 12.4. The van der Waals surface area contributed by atoms with E-state index in [0.29, 0.717) is 22.6 Å². The molecule has 0 bridgehead atoms. The zero-order valence-corrected chi connectivity index (χ0v) is 35.3. The summed E-state index contributed by atoms with van der Waals surface area (Å²) >= 11 is 0. The molecule has 2 aromatic heterocycles. The van der Waals surface area contributed by atoms with Crippen molar-refractivity contribution in [2.75, 3.05) is 0 Å². The van der Waals surface area contributed by atoms with Gasteiger partial charge in [-0.3, -0.25) is 9.55 Å². The van der Waals surface area contributed by atoms with Crippen LogP contribution in [0.5, 0.6) is 5.75 Å². The Morgan fingerprint density at radius 2 is 1.26 bits per heavy atom. The van der Waals surface area contributed by atoms with Gasteiger partial charge >= 0.3 is 0 Å². The van der Waals surface area contributed by atoms with Crippen molar-refractivity contribution in [1.82, 2.24) is 14.5 Å². The van der Waals surface area contributed by atoms with E-state index >= 15 is 0 Å². The van der Waals surface area contributed by atoms with Gasteiger partial charge in [-0.1, -0.05) is 168 Å². The van der Waals surface area contributed by atoms with Gasteiger partial charge < -0.3 is 5.11 Å². The first-order valence-electron chi connectivity index (χ1n) is 23.6. The number of nitrogens with zero attached hydrogens (tertiary/aromatic N) is 3. The molecule has 300 valence electrons. The Balaban J connectivity index is 1.33. The third-order valence-electron chi connectivity index (χ3n) is 11.3. The van der Waals surface area contributed by atoms with Gasteiger partial charge in [0.2, 0.25) is 0 Å². The summed E-state index contributed by atoms with van der Waals surface area (Å²) in [5, 5.41) is 12.4. The topological polar surface area (TPSA) is 50.9 Å². The lowest BCUT2D eigenvalue weighted by Crippen LogP contribution is -2.17. The lowest BCUT2D eigenvalue weighted by atomic mass is 9.79. The van der Waals surface area contributed by atoms with E-state index in [1.54, 1.807) is 18.3 Å². The van der Waals surface area contributed by atoms with E-state index in [-0.39, 0.29) is 34.2 Å². The number of pyridine rings is 1. The van der Waals surface area contributed by atoms with Crippen LogP contribution in [0, 0.1) is 6.85 Å². The Kier molecular flexibility index (Phi) is 8.34. The van der Waals surface area contributed by atoms with Crippen molar-refractivity contribution in [1.29, 1.82) is 0 Å². The smallest absolute Gasteiger partial charge is 0.149 e. The highest BCUT2D eigenvalue weighted by molar-refractivity contribution is 5.98. The quantitative estimate of drug-likeness (QED) is 0.175. The van der Waals surface area contributed by atoms with Gasteiger partial charge in [0.05, 0.1) is 32.1 Å². The molecule has 0 saturated carbocycles. The molecule has 0 amide bonds. The summed E-state index contributed by atoms with van der Waals surface area (Å²) in [6, 6.07) is 49.2. The van der Waals surface area contributed by atoms with Crippen LogP contribution in [-0.4, -0.2) is 19.6 Å². The van der Waals surface area contributed by atoms with E-state index < -0.39 is 18.5 Å². The van der Waals surface area contributed by atoms with Crippen LogP contribution < -0.4 is 0 Å². The average Bonchev–Trinajstić information content (AvgIpc) is 3.69. The molecule has 9 rings (SSSR count). The summed E-state index contributed by atoms with van der Waals surface area (Å²) < 4.78 is 52.1. The Morgan fingerprint density at radius 1 is 0.574 bits per heavy atom. The van der Waals surface area contributed by atoms with Crippen molar-refractivity contribution < 1.29 is 13.3 Å². The van der Waals surface area contributed by atoms with E-state index in [2.05, 4.69) is 125 Å². The molecule has 0 fully saturated rings. The minimum atomic E-state index is -2.74. The largest absolute Gasteiger partial charge is 0.507 e. The molecule has 0 saturated heterocycles. The highest BCUT2D eigenvalue weighted by atomic mass is 16.3. The lowest BCUT2D eigenvalue weighted by molar-refractivity contribution is 0.446. The second-order valence-corrected chi connectivity index (χ2v) is 17.7. The average molecular weight is 800 g/mol. The van der Waals surface area contributed by atoms with Crippen LogP contribution in [0.25, 0.3) is 83.9 Å². The number of aromatic nitrogens is 3. The van der Waals surface area contributed by atoms with E-state index in [1.807, 2.05) is 54.6 Å². The van der Waals surface area contributed by atoms with Gasteiger partial charge in [0.25, 0.3) is 0 Å². The first-order chi connectivity index (χ1) is 31.8. The number of hydrogen-bond donors (Lipinski definition) is 1. The van der Waals surface area contributed by atoms with Crippen LogP contribution in [0.1, 0.15) is 66.5 Å². The van der Waals surface area contributed by atoms with Gasteiger partial charge in [-0.15, -0.1) is 0 Å². The van der Waals surface area contributed by atoms with E-state index in [1.165, 1.54) is 6.07 Å². The summed E-state index contributed by atoms with van der Waals surface area (Å²) in [6.07, 6.45) is 1.62. The summed E-state index contributed by atoms with van der Waals surface area (Å²) in [4.78, 5) is 10.4. The molecule has 0 aliphatic heterocycles. The first-order valence-corrected chi connectivity index (χ1v) is 20.6. The summed E-state index contributed by atoms with van der Waals surface area (Å²) in [6.45, 7) is 10.2. The number of phenolic OH excluding ortho intramolecular Hbond substituents is 1. The molecule has 9 aromatic rings. The highest BCUT2D eigenvalue weighted by Gasteiger charge is 2.29. The number of imidazole rings is 1. The number of phenols is 1. The minimum absolute atomic E-state index is 0.187. The summed E-state index contributed by atoms with van der Waals surface area (Å²) in [7, 11) is 0. The van der Waals surface area contributed by atoms with Crippen LogP contribution in [0.15, 0.2) is 176 Å². The molecule has 0 unspecified atom stereocenters. The van der Waals surface area contributed by atoms with E-state index in [0.717, 1.165) is 66.8 Å². The normalized spacial score (nSPS) is 13.5. The Bertz CT molecular complexity index is 3340. The second-order valence-electron chi connectivity index (χ2n) is 17.7. The summed E-state index contributed by atoms with van der Waals surface area (Å²) in [5.74, 6) is 0.788. The van der Waals surface area contributed by atoms with Crippen molar-refractivity contribution >= 4 is 11.0 Å². The van der Waals surface area contributed by atoms with Crippen molar-refractivity contribution in [2.45, 2.75) is 59.2 Å². The third-order valence-corrected chi connectivity index (χ3v) is 11.3. The zero-order valence-electron chi connectivity index (χ0n) is 41.3.